The van der Waals surface area contributed by atoms with Gasteiger partial charge in [0.2, 0.25) is 5.91 Å². The molecule has 1 aromatic heterocycles. The minimum absolute atomic E-state index is 0.118. The number of anilines is 2. The number of aromatic nitrogens is 2. The molecule has 2 amide bonds. The largest absolute Gasteiger partial charge is 0.484 e. The van der Waals surface area contributed by atoms with Crippen LogP contribution in [0.2, 0.25) is 0 Å². The molecule has 188 valence electrons. The van der Waals surface area contributed by atoms with Crippen molar-refractivity contribution in [2.45, 2.75) is 33.2 Å². The molecule has 0 bridgehead atoms. The summed E-state index contributed by atoms with van der Waals surface area (Å²) in [6, 6.07) is 13.3. The number of hydrogen-bond donors (Lipinski definition) is 4. The molecule has 36 heavy (non-hydrogen) atoms. The molecule has 4 N–H and O–H groups in total. The second-order valence-corrected chi connectivity index (χ2v) is 9.04. The van der Waals surface area contributed by atoms with Crippen LogP contribution in [0.5, 0.6) is 5.75 Å². The number of carbonyl (C=O) groups excluding carboxylic acids is 2. The van der Waals surface area contributed by atoms with E-state index in [0.29, 0.717) is 23.8 Å². The summed E-state index contributed by atoms with van der Waals surface area (Å²) in [5, 5.41) is 15.6. The van der Waals surface area contributed by atoms with Crippen LogP contribution in [-0.2, 0) is 9.59 Å². The molecule has 2 saturated heterocycles. The molecule has 2 aliphatic rings. The van der Waals surface area contributed by atoms with Crippen molar-refractivity contribution in [1.29, 1.82) is 0 Å². The Labute approximate surface area is 207 Å². The third-order valence-corrected chi connectivity index (χ3v) is 6.41. The highest BCUT2D eigenvalue weighted by Crippen LogP contribution is 2.29. The molecule has 2 fully saturated rings. The summed E-state index contributed by atoms with van der Waals surface area (Å²) in [7, 11) is 0. The van der Waals surface area contributed by atoms with Crippen LogP contribution >= 0.6 is 0 Å². The number of nitrogens with zero attached hydrogens (tertiary/aromatic N) is 3. The van der Waals surface area contributed by atoms with Crippen LogP contribution in [0.1, 0.15) is 23.1 Å². The first kappa shape index (κ1) is 23.8. The van der Waals surface area contributed by atoms with E-state index in [1.165, 1.54) is 34.5 Å². The number of aryl methyl sites for hydroxylation is 3. The maximum Gasteiger partial charge on any atom is 0.263 e. The molecule has 2 aromatic carbocycles. The third kappa shape index (κ3) is 4.75. The van der Waals surface area contributed by atoms with Crippen molar-refractivity contribution >= 4 is 23.3 Å². The van der Waals surface area contributed by atoms with E-state index in [-0.39, 0.29) is 30.4 Å². The SMILES string of the molecule is Cc1cc(NC(=O)COc2ccc(F)cc2)n(C2NC(=O)C3CNN(c4ccc(C)c(C)c4)C3N2)n1. The van der Waals surface area contributed by atoms with Crippen LogP contribution in [-0.4, -0.2) is 40.9 Å². The zero-order valence-electron chi connectivity index (χ0n) is 20.2. The van der Waals surface area contributed by atoms with Crippen molar-refractivity contribution in [3.05, 3.63) is 71.2 Å². The highest BCUT2D eigenvalue weighted by molar-refractivity contribution is 5.91. The zero-order valence-corrected chi connectivity index (χ0v) is 20.2. The summed E-state index contributed by atoms with van der Waals surface area (Å²) < 4.78 is 20.0. The van der Waals surface area contributed by atoms with E-state index in [9.17, 15) is 14.0 Å². The quantitative estimate of drug-likeness (QED) is 0.416. The van der Waals surface area contributed by atoms with Gasteiger partial charge in [-0.25, -0.2) is 14.5 Å². The Balaban J connectivity index is 1.31. The molecule has 0 spiro atoms. The number of rotatable bonds is 6. The van der Waals surface area contributed by atoms with Gasteiger partial charge >= 0.3 is 0 Å². The molecule has 0 saturated carbocycles. The van der Waals surface area contributed by atoms with Crippen LogP contribution in [0.25, 0.3) is 0 Å². The van der Waals surface area contributed by atoms with Crippen molar-refractivity contribution in [1.82, 2.24) is 25.8 Å². The molecule has 3 atom stereocenters. The summed E-state index contributed by atoms with van der Waals surface area (Å²) in [6.07, 6.45) is -1.00. The molecule has 3 aromatic rings. The van der Waals surface area contributed by atoms with Gasteiger partial charge in [0.1, 0.15) is 23.6 Å². The standard InChI is InChI=1S/C25H28FN7O3/c1-14-4-7-18(10-15(14)2)32-23-20(12-27-32)24(35)30-25(29-23)33-21(11-16(3)31-33)28-22(34)13-36-19-8-5-17(26)6-9-19/h4-11,20,23,25,27,29H,12-13H2,1-3H3,(H,28,34)(H,30,35). The van der Waals surface area contributed by atoms with E-state index in [1.54, 1.807) is 13.0 Å². The van der Waals surface area contributed by atoms with Gasteiger partial charge in [-0.05, 0) is 68.3 Å². The number of hydrogen-bond acceptors (Lipinski definition) is 7. The van der Waals surface area contributed by atoms with Crippen LogP contribution in [0.3, 0.4) is 0 Å². The molecular weight excluding hydrogens is 465 g/mol. The number of benzene rings is 2. The smallest absolute Gasteiger partial charge is 0.263 e. The molecule has 5 rings (SSSR count). The predicted octanol–water partition coefficient (Wildman–Crippen LogP) is 2.11. The fraction of sp³-hybridized carbons (Fsp3) is 0.320. The lowest BCUT2D eigenvalue weighted by Gasteiger charge is -2.37. The first-order valence-corrected chi connectivity index (χ1v) is 11.7. The lowest BCUT2D eigenvalue weighted by atomic mass is 10.0. The van der Waals surface area contributed by atoms with Gasteiger partial charge in [0, 0.05) is 12.6 Å². The summed E-state index contributed by atoms with van der Waals surface area (Å²) in [5.41, 5.74) is 7.29. The summed E-state index contributed by atoms with van der Waals surface area (Å²) >= 11 is 0. The number of hydrazine groups is 1. The molecule has 10 nitrogen and oxygen atoms in total. The molecule has 2 aliphatic heterocycles. The topological polar surface area (TPSA) is 113 Å². The van der Waals surface area contributed by atoms with Crippen molar-refractivity contribution in [2.75, 3.05) is 23.5 Å². The highest BCUT2D eigenvalue weighted by Gasteiger charge is 2.45. The molecule has 11 heteroatoms. The Bertz CT molecular complexity index is 1290. The first-order chi connectivity index (χ1) is 17.3. The third-order valence-electron chi connectivity index (χ3n) is 6.41. The maximum atomic E-state index is 13.1. The summed E-state index contributed by atoms with van der Waals surface area (Å²) in [5.74, 6) is -0.443. The van der Waals surface area contributed by atoms with E-state index >= 15 is 0 Å². The number of fused-ring (bicyclic) bond motifs is 1. The number of amides is 2. The van der Waals surface area contributed by atoms with E-state index in [4.69, 9.17) is 4.74 Å². The summed E-state index contributed by atoms with van der Waals surface area (Å²) in [6.45, 7) is 6.13. The van der Waals surface area contributed by atoms with Crippen LogP contribution in [0.15, 0.2) is 48.5 Å². The van der Waals surface area contributed by atoms with Gasteiger partial charge in [0.15, 0.2) is 12.9 Å². The lowest BCUT2D eigenvalue weighted by Crippen LogP contribution is -2.61. The van der Waals surface area contributed by atoms with Crippen LogP contribution in [0, 0.1) is 32.5 Å². The van der Waals surface area contributed by atoms with Crippen molar-refractivity contribution in [3.63, 3.8) is 0 Å². The molecule has 0 aliphatic carbocycles. The van der Waals surface area contributed by atoms with Gasteiger partial charge < -0.3 is 15.4 Å². The first-order valence-electron chi connectivity index (χ1n) is 11.7. The normalized spacial score (nSPS) is 21.2. The van der Waals surface area contributed by atoms with E-state index in [1.807, 2.05) is 11.1 Å². The second kappa shape index (κ2) is 9.59. The molecular formula is C25H28FN7O3. The average molecular weight is 494 g/mol. The van der Waals surface area contributed by atoms with Gasteiger partial charge in [-0.15, -0.1) is 0 Å². The van der Waals surface area contributed by atoms with Gasteiger partial charge in [0.05, 0.1) is 17.3 Å². The Morgan fingerprint density at radius 3 is 2.67 bits per heavy atom. The van der Waals surface area contributed by atoms with Gasteiger partial charge in [-0.1, -0.05) is 6.07 Å². The zero-order chi connectivity index (χ0) is 25.4. The van der Waals surface area contributed by atoms with E-state index < -0.39 is 12.2 Å². The number of ether oxygens (including phenoxy) is 1. The van der Waals surface area contributed by atoms with Gasteiger partial charge in [-0.2, -0.15) is 5.10 Å². The van der Waals surface area contributed by atoms with Gasteiger partial charge in [-0.3, -0.25) is 19.9 Å². The Kier molecular flexibility index (Phi) is 6.33. The van der Waals surface area contributed by atoms with Crippen LogP contribution in [0.4, 0.5) is 15.9 Å². The fourth-order valence-electron chi connectivity index (χ4n) is 4.38. The number of halogens is 1. The van der Waals surface area contributed by atoms with Crippen molar-refractivity contribution in [2.24, 2.45) is 5.92 Å². The fourth-order valence-corrected chi connectivity index (χ4v) is 4.38. The maximum absolute atomic E-state index is 13.1. The summed E-state index contributed by atoms with van der Waals surface area (Å²) in [4.78, 5) is 25.6. The molecule has 3 heterocycles. The minimum Gasteiger partial charge on any atom is -0.484 e. The van der Waals surface area contributed by atoms with E-state index in [2.05, 4.69) is 52.5 Å². The monoisotopic (exact) mass is 493 g/mol. The lowest BCUT2D eigenvalue weighted by molar-refractivity contribution is -0.129. The van der Waals surface area contributed by atoms with Gasteiger partial charge in [0.25, 0.3) is 5.91 Å². The Morgan fingerprint density at radius 1 is 1.14 bits per heavy atom. The van der Waals surface area contributed by atoms with Crippen LogP contribution < -0.4 is 31.1 Å². The Hall–Kier alpha value is -3.96. The minimum atomic E-state index is -0.685. The Morgan fingerprint density at radius 2 is 1.92 bits per heavy atom. The predicted molar refractivity (Wildman–Crippen MR) is 131 cm³/mol. The van der Waals surface area contributed by atoms with Crippen molar-refractivity contribution in [3.8, 4) is 5.75 Å². The highest BCUT2D eigenvalue weighted by atomic mass is 19.1. The molecule has 0 radical (unpaired) electrons. The second-order valence-electron chi connectivity index (χ2n) is 9.04. The average Bonchev–Trinajstić information content (AvgIpc) is 3.44. The number of nitrogens with one attached hydrogen (secondary N) is 4. The van der Waals surface area contributed by atoms with E-state index in [0.717, 1.165) is 11.3 Å². The molecule has 3 unspecified atom stereocenters. The van der Waals surface area contributed by atoms with Crippen molar-refractivity contribution < 1.29 is 18.7 Å². The number of carbonyl (C=O) groups is 2.